The Labute approximate surface area is 214 Å². The molecular formula is C25H44N6O5. The number of nitrogens with zero attached hydrogens (tertiary/aromatic N) is 2. The second kappa shape index (κ2) is 16.0. The number of nitrogens with two attached hydrogens (primary N) is 2. The van der Waals surface area contributed by atoms with Crippen molar-refractivity contribution in [1.29, 1.82) is 0 Å². The summed E-state index contributed by atoms with van der Waals surface area (Å²) in [5, 5.41) is 5.51. The summed E-state index contributed by atoms with van der Waals surface area (Å²) in [6.45, 7) is 2.71. The molecule has 1 heterocycles. The number of ether oxygens (including phenoxy) is 1. The third-order valence-electron chi connectivity index (χ3n) is 6.96. The molecule has 11 nitrogen and oxygen atoms in total. The van der Waals surface area contributed by atoms with Crippen LogP contribution in [0.5, 0.6) is 0 Å². The fraction of sp³-hybridized carbons (Fsp3) is 0.800. The van der Waals surface area contributed by atoms with Crippen molar-refractivity contribution in [1.82, 2.24) is 15.5 Å². The highest BCUT2D eigenvalue weighted by Crippen LogP contribution is 2.28. The van der Waals surface area contributed by atoms with Gasteiger partial charge in [-0.25, -0.2) is 4.79 Å². The Morgan fingerprint density at radius 1 is 1.06 bits per heavy atom. The number of hydrogen-bond acceptors (Lipinski definition) is 6. The Morgan fingerprint density at radius 3 is 2.39 bits per heavy atom. The van der Waals surface area contributed by atoms with E-state index in [1.807, 2.05) is 0 Å². The monoisotopic (exact) mass is 508 g/mol. The summed E-state index contributed by atoms with van der Waals surface area (Å²) in [5.74, 6) is -0.313. The lowest BCUT2D eigenvalue weighted by Crippen LogP contribution is -2.55. The lowest BCUT2D eigenvalue weighted by atomic mass is 9.86. The molecule has 0 unspecified atom stereocenters. The molecule has 0 spiro atoms. The van der Waals surface area contributed by atoms with Crippen LogP contribution in [0.25, 0.3) is 0 Å². The van der Waals surface area contributed by atoms with Crippen molar-refractivity contribution in [2.24, 2.45) is 22.4 Å². The van der Waals surface area contributed by atoms with Gasteiger partial charge >= 0.3 is 6.09 Å². The van der Waals surface area contributed by atoms with Crippen LogP contribution in [0.2, 0.25) is 0 Å². The quantitative estimate of drug-likeness (QED) is 0.134. The van der Waals surface area contributed by atoms with Crippen LogP contribution in [0.3, 0.4) is 0 Å². The van der Waals surface area contributed by atoms with Gasteiger partial charge in [-0.2, -0.15) is 0 Å². The van der Waals surface area contributed by atoms with E-state index in [0.29, 0.717) is 57.4 Å². The summed E-state index contributed by atoms with van der Waals surface area (Å²) in [5.41, 5.74) is 10.6. The van der Waals surface area contributed by atoms with Crippen LogP contribution < -0.4 is 22.1 Å². The molecule has 6 N–H and O–H groups in total. The molecule has 2 aliphatic rings. The predicted molar refractivity (Wildman–Crippen MR) is 137 cm³/mol. The van der Waals surface area contributed by atoms with E-state index in [1.165, 1.54) is 19.3 Å². The summed E-state index contributed by atoms with van der Waals surface area (Å²) in [7, 11) is 0. The Hall–Kier alpha value is -2.85. The number of hydrogen-bond donors (Lipinski definition) is 4. The van der Waals surface area contributed by atoms with Crippen LogP contribution in [0.4, 0.5) is 4.79 Å². The maximum atomic E-state index is 13.6. The minimum absolute atomic E-state index is 0.0211. The van der Waals surface area contributed by atoms with E-state index in [4.69, 9.17) is 16.2 Å². The number of guanidine groups is 1. The average Bonchev–Trinajstić information content (AvgIpc) is 3.31. The van der Waals surface area contributed by atoms with Crippen LogP contribution in [0, 0.1) is 5.92 Å². The number of alkyl carbamates (subject to hydrolysis) is 1. The highest BCUT2D eigenvalue weighted by molar-refractivity contribution is 5.92. The largest absolute Gasteiger partial charge is 0.450 e. The van der Waals surface area contributed by atoms with Gasteiger partial charge in [0.2, 0.25) is 11.8 Å². The fourth-order valence-electron chi connectivity index (χ4n) is 5.12. The topological polar surface area (TPSA) is 169 Å². The molecule has 3 atom stereocenters. The van der Waals surface area contributed by atoms with Gasteiger partial charge in [-0.05, 0) is 44.9 Å². The summed E-state index contributed by atoms with van der Waals surface area (Å²) < 4.78 is 5.06. The van der Waals surface area contributed by atoms with Gasteiger partial charge in [-0.1, -0.05) is 44.9 Å². The van der Waals surface area contributed by atoms with Gasteiger partial charge in [-0.3, -0.25) is 14.6 Å². The van der Waals surface area contributed by atoms with Gasteiger partial charge in [-0.15, -0.1) is 0 Å². The SMILES string of the molecule is CCOC(=O)N[C@H](CC1CCCCCCC1)C(=O)N1CCC[C@H]1C(=O)N[C@H](C=O)CCCN=C(N)N. The maximum Gasteiger partial charge on any atom is 0.407 e. The average molecular weight is 509 g/mol. The molecule has 1 aliphatic carbocycles. The van der Waals surface area contributed by atoms with Crippen molar-refractivity contribution in [3.8, 4) is 0 Å². The number of carbonyl (C=O) groups is 4. The van der Waals surface area contributed by atoms with Crippen LogP contribution in [-0.4, -0.2) is 72.9 Å². The number of amides is 3. The minimum atomic E-state index is -0.747. The normalized spacial score (nSPS) is 20.4. The van der Waals surface area contributed by atoms with Crippen molar-refractivity contribution in [2.45, 2.75) is 102 Å². The number of rotatable bonds is 12. The first-order chi connectivity index (χ1) is 17.3. The highest BCUT2D eigenvalue weighted by atomic mass is 16.5. The van der Waals surface area contributed by atoms with E-state index in [1.54, 1.807) is 11.8 Å². The molecule has 3 amide bonds. The molecule has 36 heavy (non-hydrogen) atoms. The smallest absolute Gasteiger partial charge is 0.407 e. The molecule has 11 heteroatoms. The van der Waals surface area contributed by atoms with E-state index in [2.05, 4.69) is 15.6 Å². The Kier molecular flexibility index (Phi) is 13.1. The van der Waals surface area contributed by atoms with E-state index in [-0.39, 0.29) is 24.4 Å². The minimum Gasteiger partial charge on any atom is -0.450 e. The van der Waals surface area contributed by atoms with Gasteiger partial charge in [0.1, 0.15) is 18.4 Å². The zero-order valence-corrected chi connectivity index (χ0v) is 21.6. The van der Waals surface area contributed by atoms with Crippen LogP contribution in [0.1, 0.15) is 84.0 Å². The van der Waals surface area contributed by atoms with Crippen molar-refractivity contribution in [3.63, 3.8) is 0 Å². The van der Waals surface area contributed by atoms with Crippen molar-refractivity contribution in [3.05, 3.63) is 0 Å². The molecule has 1 saturated heterocycles. The van der Waals surface area contributed by atoms with Crippen LogP contribution in [0.15, 0.2) is 4.99 Å². The van der Waals surface area contributed by atoms with Gasteiger partial charge < -0.3 is 36.5 Å². The van der Waals surface area contributed by atoms with Gasteiger partial charge in [0, 0.05) is 13.1 Å². The molecular weight excluding hydrogens is 464 g/mol. The second-order valence-corrected chi connectivity index (χ2v) is 9.75. The molecule has 0 aromatic carbocycles. The summed E-state index contributed by atoms with van der Waals surface area (Å²) in [6, 6.07) is -2.11. The van der Waals surface area contributed by atoms with E-state index in [0.717, 1.165) is 25.7 Å². The summed E-state index contributed by atoms with van der Waals surface area (Å²) in [6.07, 6.45) is 10.6. The Bertz CT molecular complexity index is 749. The van der Waals surface area contributed by atoms with Gasteiger partial charge in [0.25, 0.3) is 0 Å². The van der Waals surface area contributed by atoms with E-state index in [9.17, 15) is 19.2 Å². The fourth-order valence-corrected chi connectivity index (χ4v) is 5.12. The molecule has 0 bridgehead atoms. The molecule has 1 aliphatic heterocycles. The number of carbonyl (C=O) groups excluding carboxylic acids is 4. The van der Waals surface area contributed by atoms with E-state index < -0.39 is 24.2 Å². The third-order valence-corrected chi connectivity index (χ3v) is 6.96. The predicted octanol–water partition coefficient (Wildman–Crippen LogP) is 1.58. The van der Waals surface area contributed by atoms with Crippen LogP contribution in [-0.2, 0) is 19.1 Å². The first-order valence-electron chi connectivity index (χ1n) is 13.4. The standard InChI is InChI=1S/C25H44N6O5/c1-2-36-25(35)30-20(16-18-10-6-4-3-5-7-11-18)23(34)31-15-9-13-21(31)22(33)29-19(17-32)12-8-14-28-24(26)27/h17-21H,2-16H2,1H3,(H,29,33)(H,30,35)(H4,26,27,28)/t19-,20+,21-/m0/s1. The zero-order valence-electron chi connectivity index (χ0n) is 21.6. The first kappa shape index (κ1) is 29.4. The van der Waals surface area contributed by atoms with Gasteiger partial charge in [0.15, 0.2) is 5.96 Å². The second-order valence-electron chi connectivity index (χ2n) is 9.75. The lowest BCUT2D eigenvalue weighted by Gasteiger charge is -2.31. The number of aldehydes is 1. The summed E-state index contributed by atoms with van der Waals surface area (Å²) in [4.78, 5) is 55.9. The highest BCUT2D eigenvalue weighted by Gasteiger charge is 2.39. The lowest BCUT2D eigenvalue weighted by molar-refractivity contribution is -0.140. The number of likely N-dealkylation sites (tertiary alicyclic amines) is 1. The molecule has 0 radical (unpaired) electrons. The molecule has 2 rings (SSSR count). The molecule has 0 aromatic rings. The molecule has 204 valence electrons. The Morgan fingerprint density at radius 2 is 1.75 bits per heavy atom. The molecule has 0 aromatic heterocycles. The maximum absolute atomic E-state index is 13.6. The molecule has 2 fully saturated rings. The van der Waals surface area contributed by atoms with Crippen molar-refractivity contribution in [2.75, 3.05) is 19.7 Å². The van der Waals surface area contributed by atoms with Gasteiger partial charge in [0.05, 0.1) is 12.6 Å². The number of nitrogens with one attached hydrogen (secondary N) is 2. The number of aliphatic imine (C=N–C) groups is 1. The van der Waals surface area contributed by atoms with E-state index >= 15 is 0 Å². The van der Waals surface area contributed by atoms with Crippen molar-refractivity contribution < 1.29 is 23.9 Å². The first-order valence-corrected chi connectivity index (χ1v) is 13.4. The zero-order chi connectivity index (χ0) is 26.3. The summed E-state index contributed by atoms with van der Waals surface area (Å²) >= 11 is 0. The van der Waals surface area contributed by atoms with Crippen molar-refractivity contribution >= 4 is 30.2 Å². The molecule has 1 saturated carbocycles. The van der Waals surface area contributed by atoms with Crippen LogP contribution >= 0.6 is 0 Å². The third kappa shape index (κ3) is 10.0. The Balaban J connectivity index is 2.04.